The van der Waals surface area contributed by atoms with Gasteiger partial charge in [0.05, 0.1) is 7.11 Å². The lowest BCUT2D eigenvalue weighted by molar-refractivity contribution is -0.148. The van der Waals surface area contributed by atoms with Gasteiger partial charge in [0.25, 0.3) is 0 Å². The van der Waals surface area contributed by atoms with Gasteiger partial charge >= 0.3 is 5.97 Å². The van der Waals surface area contributed by atoms with E-state index < -0.39 is 5.54 Å². The van der Waals surface area contributed by atoms with Crippen LogP contribution in [-0.2, 0) is 9.53 Å². The third-order valence-corrected chi connectivity index (χ3v) is 2.82. The van der Waals surface area contributed by atoms with E-state index in [1.165, 1.54) is 7.11 Å². The molecule has 0 amide bonds. The largest absolute Gasteiger partial charge is 0.468 e. The Labute approximate surface area is 106 Å². The lowest BCUT2D eigenvalue weighted by Crippen LogP contribution is -2.57. The quantitative estimate of drug-likeness (QED) is 0.626. The van der Waals surface area contributed by atoms with E-state index >= 15 is 0 Å². The summed E-state index contributed by atoms with van der Waals surface area (Å²) in [4.78, 5) is 14.2. The third kappa shape index (κ3) is 5.50. The van der Waals surface area contributed by atoms with Crippen LogP contribution < -0.4 is 5.32 Å². The van der Waals surface area contributed by atoms with Gasteiger partial charge in [-0.2, -0.15) is 0 Å². The van der Waals surface area contributed by atoms with E-state index in [2.05, 4.69) is 24.1 Å². The molecular weight excluding hydrogens is 216 g/mol. The van der Waals surface area contributed by atoms with Gasteiger partial charge in [0.2, 0.25) is 0 Å². The first kappa shape index (κ1) is 16.4. The summed E-state index contributed by atoms with van der Waals surface area (Å²) in [6.07, 6.45) is 2.20. The molecule has 0 radical (unpaired) electrons. The molecule has 1 N–H and O–H groups in total. The number of hydrogen-bond donors (Lipinski definition) is 1. The van der Waals surface area contributed by atoms with Crippen LogP contribution in [0.3, 0.4) is 0 Å². The summed E-state index contributed by atoms with van der Waals surface area (Å²) in [7, 11) is 1.45. The van der Waals surface area contributed by atoms with Crippen molar-refractivity contribution in [2.24, 2.45) is 0 Å². The second kappa shape index (κ2) is 8.48. The van der Waals surface area contributed by atoms with Crippen molar-refractivity contribution in [2.75, 3.05) is 33.3 Å². The maximum atomic E-state index is 11.9. The van der Waals surface area contributed by atoms with Crippen LogP contribution in [0.5, 0.6) is 0 Å². The molecule has 4 nitrogen and oxygen atoms in total. The monoisotopic (exact) mass is 244 g/mol. The minimum absolute atomic E-state index is 0.184. The summed E-state index contributed by atoms with van der Waals surface area (Å²) in [6, 6.07) is 0. The van der Waals surface area contributed by atoms with Gasteiger partial charge in [0.1, 0.15) is 5.54 Å². The van der Waals surface area contributed by atoms with Crippen molar-refractivity contribution in [3.8, 4) is 0 Å². The molecule has 102 valence electrons. The molecule has 0 aromatic heterocycles. The molecule has 0 aliphatic carbocycles. The number of carbonyl (C=O) groups excluding carboxylic acids is 1. The smallest absolute Gasteiger partial charge is 0.327 e. The summed E-state index contributed by atoms with van der Waals surface area (Å²) in [6.45, 7) is 11.7. The summed E-state index contributed by atoms with van der Waals surface area (Å²) < 4.78 is 4.90. The molecule has 17 heavy (non-hydrogen) atoms. The van der Waals surface area contributed by atoms with Crippen molar-refractivity contribution in [3.05, 3.63) is 0 Å². The molecule has 0 aliphatic heterocycles. The van der Waals surface area contributed by atoms with Crippen LogP contribution in [-0.4, -0.2) is 49.7 Å². The fourth-order valence-electron chi connectivity index (χ4n) is 2.16. The zero-order valence-electron chi connectivity index (χ0n) is 12.0. The van der Waals surface area contributed by atoms with Crippen LogP contribution >= 0.6 is 0 Å². The van der Waals surface area contributed by atoms with Gasteiger partial charge in [-0.1, -0.05) is 20.8 Å². The highest BCUT2D eigenvalue weighted by Gasteiger charge is 2.34. The Kier molecular flexibility index (Phi) is 8.17. The van der Waals surface area contributed by atoms with Gasteiger partial charge < -0.3 is 15.0 Å². The van der Waals surface area contributed by atoms with Crippen LogP contribution in [0.2, 0.25) is 0 Å². The van der Waals surface area contributed by atoms with Crippen LogP contribution in [0.4, 0.5) is 0 Å². The number of rotatable bonds is 9. The van der Waals surface area contributed by atoms with Crippen LogP contribution in [0.1, 0.15) is 40.5 Å². The van der Waals surface area contributed by atoms with Crippen molar-refractivity contribution in [1.29, 1.82) is 0 Å². The number of carbonyl (C=O) groups is 1. The zero-order valence-corrected chi connectivity index (χ0v) is 12.0. The van der Waals surface area contributed by atoms with Crippen molar-refractivity contribution in [2.45, 2.75) is 46.1 Å². The summed E-state index contributed by atoms with van der Waals surface area (Å²) >= 11 is 0. The van der Waals surface area contributed by atoms with Crippen molar-refractivity contribution >= 4 is 5.97 Å². The fraction of sp³-hybridized carbons (Fsp3) is 0.923. The number of nitrogens with one attached hydrogen (secondary N) is 1. The second-order valence-corrected chi connectivity index (χ2v) is 4.63. The van der Waals surface area contributed by atoms with Crippen molar-refractivity contribution in [1.82, 2.24) is 10.2 Å². The third-order valence-electron chi connectivity index (χ3n) is 2.82. The molecule has 0 saturated carbocycles. The van der Waals surface area contributed by atoms with Crippen LogP contribution in [0.15, 0.2) is 0 Å². The fourth-order valence-corrected chi connectivity index (χ4v) is 2.16. The summed E-state index contributed by atoms with van der Waals surface area (Å²) in [5.41, 5.74) is -0.603. The number of likely N-dealkylation sites (N-methyl/N-ethyl adjacent to an activating group) is 1. The summed E-state index contributed by atoms with van der Waals surface area (Å²) in [5.74, 6) is -0.184. The molecule has 0 fully saturated rings. The minimum atomic E-state index is -0.603. The van der Waals surface area contributed by atoms with Gasteiger partial charge in [0.15, 0.2) is 0 Å². The van der Waals surface area contributed by atoms with E-state index in [4.69, 9.17) is 4.74 Å². The number of esters is 1. The van der Waals surface area contributed by atoms with Gasteiger partial charge in [0, 0.05) is 6.54 Å². The Morgan fingerprint density at radius 3 is 2.12 bits per heavy atom. The van der Waals surface area contributed by atoms with E-state index in [-0.39, 0.29) is 5.97 Å². The van der Waals surface area contributed by atoms with E-state index in [1.807, 2.05) is 13.8 Å². The molecule has 0 aliphatic rings. The molecule has 1 atom stereocenters. The van der Waals surface area contributed by atoms with Crippen molar-refractivity contribution < 1.29 is 9.53 Å². The van der Waals surface area contributed by atoms with Crippen molar-refractivity contribution in [3.63, 3.8) is 0 Å². The average molecular weight is 244 g/mol. The van der Waals surface area contributed by atoms with E-state index in [0.29, 0.717) is 6.54 Å². The molecular formula is C13H28N2O2. The molecule has 0 rings (SSSR count). The topological polar surface area (TPSA) is 41.6 Å². The predicted octanol–water partition coefficient (Wildman–Crippen LogP) is 1.65. The molecule has 4 heteroatoms. The second-order valence-electron chi connectivity index (χ2n) is 4.63. The molecule has 0 saturated heterocycles. The first-order chi connectivity index (χ1) is 8.03. The van der Waals surface area contributed by atoms with Crippen LogP contribution in [0.25, 0.3) is 0 Å². The average Bonchev–Trinajstić information content (AvgIpc) is 2.29. The maximum Gasteiger partial charge on any atom is 0.327 e. The number of hydrogen-bond acceptors (Lipinski definition) is 4. The lowest BCUT2D eigenvalue weighted by atomic mass is 10.0. The molecule has 0 spiro atoms. The molecule has 0 heterocycles. The zero-order chi connectivity index (χ0) is 13.3. The lowest BCUT2D eigenvalue weighted by Gasteiger charge is -2.33. The first-order valence-electron chi connectivity index (χ1n) is 6.59. The molecule has 1 unspecified atom stereocenters. The standard InChI is InChI=1S/C13H28N2O2/c1-6-9-15(10-7-2)11-13(4,14-8-3)12(16)17-5/h14H,6-11H2,1-5H3. The first-order valence-corrected chi connectivity index (χ1v) is 6.59. The highest BCUT2D eigenvalue weighted by atomic mass is 16.5. The SMILES string of the molecule is CCCN(CCC)CC(C)(NCC)C(=O)OC. The molecule has 0 bridgehead atoms. The molecule has 0 aromatic rings. The van der Waals surface area contributed by atoms with Gasteiger partial charge in [-0.15, -0.1) is 0 Å². The normalized spacial score (nSPS) is 14.7. The van der Waals surface area contributed by atoms with E-state index in [0.717, 1.165) is 32.5 Å². The Morgan fingerprint density at radius 2 is 1.76 bits per heavy atom. The van der Waals surface area contributed by atoms with Gasteiger partial charge in [-0.05, 0) is 39.4 Å². The number of methoxy groups -OCH3 is 1. The maximum absolute atomic E-state index is 11.9. The highest BCUT2D eigenvalue weighted by molar-refractivity contribution is 5.80. The van der Waals surface area contributed by atoms with Gasteiger partial charge in [-0.25, -0.2) is 0 Å². The number of nitrogens with zero attached hydrogens (tertiary/aromatic N) is 1. The summed E-state index contributed by atoms with van der Waals surface area (Å²) in [5, 5.41) is 3.24. The Morgan fingerprint density at radius 1 is 1.24 bits per heavy atom. The van der Waals surface area contributed by atoms with E-state index in [1.54, 1.807) is 0 Å². The Hall–Kier alpha value is -0.610. The highest BCUT2D eigenvalue weighted by Crippen LogP contribution is 2.10. The van der Waals surface area contributed by atoms with E-state index in [9.17, 15) is 4.79 Å². The minimum Gasteiger partial charge on any atom is -0.468 e. The molecule has 0 aromatic carbocycles. The number of ether oxygens (including phenoxy) is 1. The van der Waals surface area contributed by atoms with Gasteiger partial charge in [-0.3, -0.25) is 4.79 Å². The predicted molar refractivity (Wildman–Crippen MR) is 71.1 cm³/mol. The Bertz CT molecular complexity index is 215. The Balaban J connectivity index is 4.62. The van der Waals surface area contributed by atoms with Crippen LogP contribution in [0, 0.1) is 0 Å².